The summed E-state index contributed by atoms with van der Waals surface area (Å²) in [7, 11) is 1.57. The number of allylic oxidation sites excluding steroid dienone is 1. The van der Waals surface area contributed by atoms with Gasteiger partial charge in [-0.2, -0.15) is 0 Å². The lowest BCUT2D eigenvalue weighted by Crippen LogP contribution is -2.27. The Morgan fingerprint density at radius 1 is 1.29 bits per heavy atom. The molecule has 1 aromatic rings. The lowest BCUT2D eigenvalue weighted by molar-refractivity contribution is 0.0951. The van der Waals surface area contributed by atoms with Crippen LogP contribution in [0.4, 0.5) is 0 Å². The van der Waals surface area contributed by atoms with Gasteiger partial charge in [-0.3, -0.25) is 9.59 Å². The fourth-order valence-electron chi connectivity index (χ4n) is 2.20. The minimum Gasteiger partial charge on any atom is -0.493 e. The monoisotopic (exact) mass is 332 g/mol. The van der Waals surface area contributed by atoms with E-state index in [9.17, 15) is 9.59 Å². The molecule has 1 saturated carbocycles. The summed E-state index contributed by atoms with van der Waals surface area (Å²) in [6.45, 7) is 9.58. The van der Waals surface area contributed by atoms with Gasteiger partial charge in [-0.15, -0.1) is 6.58 Å². The molecular formula is C19H28N2O3. The molecule has 0 atom stereocenters. The highest BCUT2D eigenvalue weighted by Gasteiger charge is 2.25. The lowest BCUT2D eigenvalue weighted by Gasteiger charge is -2.15. The van der Waals surface area contributed by atoms with Crippen LogP contribution in [0.3, 0.4) is 0 Å². The SMILES string of the molecule is C=CC.CCOc1c(CC)cc(C(=O)NC2CC2)cc1C(=O)NC. The summed E-state index contributed by atoms with van der Waals surface area (Å²) in [5, 5.41) is 5.55. The fraction of sp³-hybridized carbons (Fsp3) is 0.474. The first-order valence-corrected chi connectivity index (χ1v) is 8.41. The first-order chi connectivity index (χ1) is 11.5. The molecule has 0 radical (unpaired) electrons. The zero-order valence-electron chi connectivity index (χ0n) is 15.1. The van der Waals surface area contributed by atoms with Gasteiger partial charge in [0, 0.05) is 18.7 Å². The van der Waals surface area contributed by atoms with Crippen molar-refractivity contribution >= 4 is 11.8 Å². The van der Waals surface area contributed by atoms with E-state index in [1.165, 1.54) is 0 Å². The summed E-state index contributed by atoms with van der Waals surface area (Å²) in [6, 6.07) is 3.72. The van der Waals surface area contributed by atoms with Gasteiger partial charge in [0.15, 0.2) is 0 Å². The van der Waals surface area contributed by atoms with Gasteiger partial charge in [-0.05, 0) is 50.8 Å². The minimum atomic E-state index is -0.241. The number of nitrogens with one attached hydrogen (secondary N) is 2. The zero-order chi connectivity index (χ0) is 18.1. The average Bonchev–Trinajstić information content (AvgIpc) is 3.39. The van der Waals surface area contributed by atoms with Crippen molar-refractivity contribution in [3.8, 4) is 5.75 Å². The minimum absolute atomic E-state index is 0.125. The second-order valence-corrected chi connectivity index (χ2v) is 5.53. The number of carbonyl (C=O) groups is 2. The molecule has 5 nitrogen and oxygen atoms in total. The maximum atomic E-state index is 12.2. The Hall–Kier alpha value is -2.30. The molecule has 1 aliphatic carbocycles. The summed E-state index contributed by atoms with van der Waals surface area (Å²) in [6.07, 6.45) is 4.52. The molecule has 0 heterocycles. The van der Waals surface area contributed by atoms with Crippen LogP contribution >= 0.6 is 0 Å². The van der Waals surface area contributed by atoms with Crippen molar-refractivity contribution in [2.75, 3.05) is 13.7 Å². The van der Waals surface area contributed by atoms with Gasteiger partial charge < -0.3 is 15.4 Å². The predicted molar refractivity (Wildman–Crippen MR) is 96.7 cm³/mol. The highest BCUT2D eigenvalue weighted by atomic mass is 16.5. The van der Waals surface area contributed by atoms with Crippen molar-refractivity contribution < 1.29 is 14.3 Å². The van der Waals surface area contributed by atoms with Crippen molar-refractivity contribution in [1.29, 1.82) is 0 Å². The van der Waals surface area contributed by atoms with Crippen LogP contribution in [0.1, 0.15) is 59.9 Å². The quantitative estimate of drug-likeness (QED) is 0.787. The summed E-state index contributed by atoms with van der Waals surface area (Å²) in [5.41, 5.74) is 1.80. The molecule has 0 aliphatic heterocycles. The first-order valence-electron chi connectivity index (χ1n) is 8.41. The van der Waals surface area contributed by atoms with Gasteiger partial charge in [-0.25, -0.2) is 0 Å². The van der Waals surface area contributed by atoms with Crippen LogP contribution in [0.25, 0.3) is 0 Å². The van der Waals surface area contributed by atoms with Crippen molar-refractivity contribution in [2.24, 2.45) is 0 Å². The number of benzene rings is 1. The maximum absolute atomic E-state index is 12.2. The molecular weight excluding hydrogens is 304 g/mol. The van der Waals surface area contributed by atoms with Gasteiger partial charge in [0.2, 0.25) is 0 Å². The maximum Gasteiger partial charge on any atom is 0.254 e. The molecule has 1 aliphatic rings. The molecule has 132 valence electrons. The summed E-state index contributed by atoms with van der Waals surface area (Å²) < 4.78 is 5.62. The number of aryl methyl sites for hydroxylation is 1. The third kappa shape index (κ3) is 5.41. The van der Waals surface area contributed by atoms with Gasteiger partial charge in [0.1, 0.15) is 5.75 Å². The van der Waals surface area contributed by atoms with E-state index < -0.39 is 0 Å². The molecule has 1 aromatic carbocycles. The van der Waals surface area contributed by atoms with Gasteiger partial charge >= 0.3 is 0 Å². The Morgan fingerprint density at radius 3 is 2.38 bits per heavy atom. The molecule has 0 unspecified atom stereocenters. The molecule has 2 amide bonds. The standard InChI is InChI=1S/C16H22N2O3.C3H6/c1-4-10-8-11(15(19)18-12-6-7-12)9-13(16(20)17-3)14(10)21-5-2;1-3-2/h8-9,12H,4-7H2,1-3H3,(H,17,20)(H,18,19);3H,1H2,2H3. The number of ether oxygens (including phenoxy) is 1. The third-order valence-electron chi connectivity index (χ3n) is 3.48. The van der Waals surface area contributed by atoms with Gasteiger partial charge in [0.25, 0.3) is 11.8 Å². The van der Waals surface area contributed by atoms with Gasteiger partial charge in [-0.1, -0.05) is 13.0 Å². The van der Waals surface area contributed by atoms with Crippen LogP contribution in [-0.2, 0) is 6.42 Å². The highest BCUT2D eigenvalue weighted by molar-refractivity contribution is 6.02. The van der Waals surface area contributed by atoms with Crippen molar-refractivity contribution in [1.82, 2.24) is 10.6 Å². The Bertz CT molecular complexity index is 593. The molecule has 1 fully saturated rings. The molecule has 2 N–H and O–H groups in total. The number of hydrogen-bond donors (Lipinski definition) is 2. The van der Waals surface area contributed by atoms with E-state index in [4.69, 9.17) is 4.74 Å². The van der Waals surface area contributed by atoms with E-state index in [0.717, 1.165) is 18.4 Å². The molecule has 2 rings (SSSR count). The fourth-order valence-corrected chi connectivity index (χ4v) is 2.20. The first kappa shape index (κ1) is 19.7. The Balaban J connectivity index is 0.000000891. The van der Waals surface area contributed by atoms with Crippen LogP contribution in [0, 0.1) is 0 Å². The van der Waals surface area contributed by atoms with E-state index in [1.54, 1.807) is 19.2 Å². The molecule has 5 heteroatoms. The number of amides is 2. The van der Waals surface area contributed by atoms with E-state index in [1.807, 2.05) is 26.8 Å². The Kier molecular flexibility index (Phi) is 8.02. The second kappa shape index (κ2) is 9.75. The van der Waals surface area contributed by atoms with E-state index in [2.05, 4.69) is 17.2 Å². The third-order valence-corrected chi connectivity index (χ3v) is 3.48. The van der Waals surface area contributed by atoms with Crippen molar-refractivity contribution in [3.63, 3.8) is 0 Å². The number of rotatable bonds is 6. The van der Waals surface area contributed by atoms with Gasteiger partial charge in [0.05, 0.1) is 12.2 Å². The smallest absolute Gasteiger partial charge is 0.254 e. The summed E-state index contributed by atoms with van der Waals surface area (Å²) in [4.78, 5) is 24.3. The van der Waals surface area contributed by atoms with Crippen LogP contribution in [0.15, 0.2) is 24.8 Å². The van der Waals surface area contributed by atoms with E-state index in [-0.39, 0.29) is 17.9 Å². The number of carbonyl (C=O) groups excluding carboxylic acids is 2. The van der Waals surface area contributed by atoms with Crippen molar-refractivity contribution in [3.05, 3.63) is 41.5 Å². The van der Waals surface area contributed by atoms with Crippen LogP contribution in [-0.4, -0.2) is 31.5 Å². The topological polar surface area (TPSA) is 67.4 Å². The lowest BCUT2D eigenvalue weighted by atomic mass is 10.0. The van der Waals surface area contributed by atoms with E-state index in [0.29, 0.717) is 29.9 Å². The second-order valence-electron chi connectivity index (χ2n) is 5.53. The molecule has 24 heavy (non-hydrogen) atoms. The summed E-state index contributed by atoms with van der Waals surface area (Å²) in [5.74, 6) is 0.206. The van der Waals surface area contributed by atoms with Crippen LogP contribution in [0.2, 0.25) is 0 Å². The van der Waals surface area contributed by atoms with Crippen LogP contribution in [0.5, 0.6) is 5.75 Å². The average molecular weight is 332 g/mol. The Morgan fingerprint density at radius 2 is 1.92 bits per heavy atom. The molecule has 0 saturated heterocycles. The highest BCUT2D eigenvalue weighted by Crippen LogP contribution is 2.28. The largest absolute Gasteiger partial charge is 0.493 e. The Labute approximate surface area is 144 Å². The zero-order valence-corrected chi connectivity index (χ0v) is 15.1. The predicted octanol–water partition coefficient (Wildman–Crippen LogP) is 3.09. The normalized spacial score (nSPS) is 12.5. The number of hydrogen-bond acceptors (Lipinski definition) is 3. The van der Waals surface area contributed by atoms with E-state index >= 15 is 0 Å². The summed E-state index contributed by atoms with van der Waals surface area (Å²) >= 11 is 0. The molecule has 0 bridgehead atoms. The molecule has 0 aromatic heterocycles. The van der Waals surface area contributed by atoms with Crippen molar-refractivity contribution in [2.45, 2.75) is 46.1 Å². The molecule has 0 spiro atoms. The van der Waals surface area contributed by atoms with Crippen LogP contribution < -0.4 is 15.4 Å².